The van der Waals surface area contributed by atoms with Crippen molar-refractivity contribution in [2.75, 3.05) is 26.8 Å². The molecule has 1 aliphatic heterocycles. The number of fused-ring (bicyclic) bond motifs is 1. The Morgan fingerprint density at radius 2 is 1.92 bits per heavy atom. The van der Waals surface area contributed by atoms with E-state index in [0.717, 1.165) is 34.5 Å². The van der Waals surface area contributed by atoms with Crippen LogP contribution in [0.15, 0.2) is 30.3 Å². The van der Waals surface area contributed by atoms with Gasteiger partial charge in [-0.25, -0.2) is 4.98 Å². The summed E-state index contributed by atoms with van der Waals surface area (Å²) in [4.78, 5) is 32.1. The van der Waals surface area contributed by atoms with Crippen molar-refractivity contribution in [2.45, 2.75) is 52.2 Å². The van der Waals surface area contributed by atoms with Gasteiger partial charge in [0.05, 0.1) is 24.4 Å². The summed E-state index contributed by atoms with van der Waals surface area (Å²) in [5.41, 5.74) is 4.60. The minimum Gasteiger partial charge on any atom is -0.496 e. The number of piperidine rings is 1. The highest BCUT2D eigenvalue weighted by Gasteiger charge is 2.29. The Hall–Kier alpha value is -3.59. The Labute approximate surface area is 217 Å². The molecule has 1 fully saturated rings. The molecule has 1 aromatic carbocycles. The number of rotatable bonds is 8. The van der Waals surface area contributed by atoms with E-state index in [4.69, 9.17) is 19.6 Å². The molecule has 3 aromatic rings. The summed E-state index contributed by atoms with van der Waals surface area (Å²) in [5, 5.41) is 12.3. The standard InChI is InChI=1S/C28H36N4O5/c1-6-18-15-21-25(30-24(18)20-9-7-8-10-22(20)36-5)27(37-17(2)3)26(31(21)4)28(35)29-19-11-13-32(14-12-19)23(34)16-33/h7-10,15,17,19,33H,6,11-14,16H2,1-5H3,(H,29,35). The molecule has 0 atom stereocenters. The van der Waals surface area contributed by atoms with Gasteiger partial charge in [-0.3, -0.25) is 9.59 Å². The van der Waals surface area contributed by atoms with Gasteiger partial charge in [0.1, 0.15) is 17.9 Å². The number of aliphatic hydroxyl groups is 1. The molecule has 0 unspecified atom stereocenters. The maximum atomic E-state index is 13.6. The van der Waals surface area contributed by atoms with E-state index in [-0.39, 0.29) is 24.0 Å². The number of ether oxygens (including phenoxy) is 2. The maximum Gasteiger partial charge on any atom is 0.272 e. The topological polar surface area (TPSA) is 106 Å². The molecule has 198 valence electrons. The van der Waals surface area contributed by atoms with Crippen LogP contribution in [-0.2, 0) is 18.3 Å². The number of hydrogen-bond acceptors (Lipinski definition) is 6. The second-order valence-corrected chi connectivity index (χ2v) is 9.61. The van der Waals surface area contributed by atoms with Gasteiger partial charge in [0.15, 0.2) is 11.4 Å². The lowest BCUT2D eigenvalue weighted by Crippen LogP contribution is -2.47. The number of nitrogens with one attached hydrogen (secondary N) is 1. The van der Waals surface area contributed by atoms with E-state index in [2.05, 4.69) is 18.3 Å². The van der Waals surface area contributed by atoms with Crippen molar-refractivity contribution in [3.8, 4) is 22.8 Å². The van der Waals surface area contributed by atoms with Gasteiger partial charge in [-0.15, -0.1) is 0 Å². The molecule has 9 nitrogen and oxygen atoms in total. The van der Waals surface area contributed by atoms with Crippen LogP contribution in [0.2, 0.25) is 0 Å². The molecule has 0 spiro atoms. The minimum absolute atomic E-state index is 0.0801. The average molecular weight is 509 g/mol. The SMILES string of the molecule is CCc1cc2c(nc1-c1ccccc1OC)c(OC(C)C)c(C(=O)NC1CCN(C(=O)CO)CC1)n2C. The maximum absolute atomic E-state index is 13.6. The lowest BCUT2D eigenvalue weighted by atomic mass is 10.0. The number of aryl methyl sites for hydroxylation is 2. The number of carbonyl (C=O) groups is 2. The molecule has 0 aliphatic carbocycles. The van der Waals surface area contributed by atoms with Crippen molar-refractivity contribution in [1.82, 2.24) is 19.8 Å². The third-order valence-corrected chi connectivity index (χ3v) is 6.84. The van der Waals surface area contributed by atoms with E-state index >= 15 is 0 Å². The van der Waals surface area contributed by atoms with Crippen LogP contribution >= 0.6 is 0 Å². The lowest BCUT2D eigenvalue weighted by Gasteiger charge is -2.32. The molecule has 1 saturated heterocycles. The van der Waals surface area contributed by atoms with Crippen molar-refractivity contribution in [1.29, 1.82) is 0 Å². The fraction of sp³-hybridized carbons (Fsp3) is 0.464. The molecule has 3 heterocycles. The zero-order chi connectivity index (χ0) is 26.7. The van der Waals surface area contributed by atoms with Crippen molar-refractivity contribution >= 4 is 22.8 Å². The number of nitrogens with zero attached hydrogens (tertiary/aromatic N) is 3. The molecule has 37 heavy (non-hydrogen) atoms. The molecule has 2 aromatic heterocycles. The number of benzene rings is 1. The van der Waals surface area contributed by atoms with Crippen molar-refractivity contribution < 1.29 is 24.2 Å². The fourth-order valence-electron chi connectivity index (χ4n) is 4.92. The number of methoxy groups -OCH3 is 1. The highest BCUT2D eigenvalue weighted by atomic mass is 16.5. The van der Waals surface area contributed by atoms with Crippen LogP contribution < -0.4 is 14.8 Å². The minimum atomic E-state index is -0.494. The predicted octanol–water partition coefficient (Wildman–Crippen LogP) is 3.31. The van der Waals surface area contributed by atoms with Gasteiger partial charge in [-0.05, 0) is 56.9 Å². The molecule has 2 amide bonds. The van der Waals surface area contributed by atoms with Gasteiger partial charge < -0.3 is 29.4 Å². The molecule has 1 aliphatic rings. The van der Waals surface area contributed by atoms with Crippen LogP contribution in [0, 0.1) is 0 Å². The van der Waals surface area contributed by atoms with Gasteiger partial charge >= 0.3 is 0 Å². The second-order valence-electron chi connectivity index (χ2n) is 9.61. The van der Waals surface area contributed by atoms with Gasteiger partial charge in [0.25, 0.3) is 5.91 Å². The Kier molecular flexibility index (Phi) is 8.02. The monoisotopic (exact) mass is 508 g/mol. The summed E-state index contributed by atoms with van der Waals surface area (Å²) in [6.07, 6.45) is 1.84. The third-order valence-electron chi connectivity index (χ3n) is 6.84. The lowest BCUT2D eigenvalue weighted by molar-refractivity contribution is -0.135. The van der Waals surface area contributed by atoms with Crippen molar-refractivity contribution in [3.63, 3.8) is 0 Å². The first-order valence-electron chi connectivity index (χ1n) is 12.8. The number of amides is 2. The van der Waals surface area contributed by atoms with Gasteiger partial charge in [0.2, 0.25) is 5.91 Å². The number of carbonyl (C=O) groups excluding carboxylic acids is 2. The zero-order valence-electron chi connectivity index (χ0n) is 22.2. The van der Waals surface area contributed by atoms with Crippen LogP contribution in [-0.4, -0.2) is 70.3 Å². The predicted molar refractivity (Wildman–Crippen MR) is 142 cm³/mol. The summed E-state index contributed by atoms with van der Waals surface area (Å²) < 4.78 is 13.7. The number of likely N-dealkylation sites (tertiary alicyclic amines) is 1. The van der Waals surface area contributed by atoms with Crippen LogP contribution in [0.25, 0.3) is 22.3 Å². The van der Waals surface area contributed by atoms with Crippen molar-refractivity contribution in [3.05, 3.63) is 41.6 Å². The number of hydrogen-bond donors (Lipinski definition) is 2. The molecule has 2 N–H and O–H groups in total. The first-order valence-corrected chi connectivity index (χ1v) is 12.8. The van der Waals surface area contributed by atoms with Crippen LogP contribution in [0.3, 0.4) is 0 Å². The summed E-state index contributed by atoms with van der Waals surface area (Å²) in [6.45, 7) is 6.44. The number of aliphatic hydroxyl groups excluding tert-OH is 1. The van der Waals surface area contributed by atoms with Crippen LogP contribution in [0.4, 0.5) is 0 Å². The molecular weight excluding hydrogens is 472 g/mol. The van der Waals surface area contributed by atoms with Crippen molar-refractivity contribution in [2.24, 2.45) is 7.05 Å². The molecule has 4 rings (SSSR count). The summed E-state index contributed by atoms with van der Waals surface area (Å²) in [6, 6.07) is 9.78. The van der Waals surface area contributed by atoms with E-state index in [9.17, 15) is 9.59 Å². The van der Waals surface area contributed by atoms with E-state index in [1.807, 2.05) is 49.7 Å². The first kappa shape index (κ1) is 26.5. The molecular formula is C28H36N4O5. The summed E-state index contributed by atoms with van der Waals surface area (Å²) in [5.74, 6) is 0.668. The summed E-state index contributed by atoms with van der Waals surface area (Å²) in [7, 11) is 3.50. The first-order chi connectivity index (χ1) is 17.8. The third kappa shape index (κ3) is 5.27. The Balaban J connectivity index is 1.75. The van der Waals surface area contributed by atoms with E-state index in [1.165, 1.54) is 0 Å². The molecule has 0 radical (unpaired) electrons. The molecule has 9 heteroatoms. The second kappa shape index (κ2) is 11.2. The zero-order valence-corrected chi connectivity index (χ0v) is 22.2. The normalized spacial score (nSPS) is 14.3. The van der Waals surface area contributed by atoms with E-state index in [1.54, 1.807) is 12.0 Å². The average Bonchev–Trinajstić information content (AvgIpc) is 3.17. The molecule has 0 saturated carbocycles. The van der Waals surface area contributed by atoms with E-state index in [0.29, 0.717) is 42.9 Å². The van der Waals surface area contributed by atoms with Gasteiger partial charge in [-0.1, -0.05) is 19.1 Å². The Morgan fingerprint density at radius 1 is 1.22 bits per heavy atom. The number of para-hydroxylation sites is 1. The van der Waals surface area contributed by atoms with Crippen LogP contribution in [0.1, 0.15) is 49.7 Å². The number of pyridine rings is 1. The Bertz CT molecular complexity index is 1290. The largest absolute Gasteiger partial charge is 0.496 e. The fourth-order valence-corrected chi connectivity index (χ4v) is 4.92. The number of aromatic nitrogens is 2. The van der Waals surface area contributed by atoms with Gasteiger partial charge in [-0.2, -0.15) is 0 Å². The Morgan fingerprint density at radius 3 is 2.54 bits per heavy atom. The molecule has 0 bridgehead atoms. The highest BCUT2D eigenvalue weighted by Crippen LogP contribution is 2.38. The van der Waals surface area contributed by atoms with Gasteiger partial charge in [0, 0.05) is 31.7 Å². The smallest absolute Gasteiger partial charge is 0.272 e. The summed E-state index contributed by atoms with van der Waals surface area (Å²) >= 11 is 0. The van der Waals surface area contributed by atoms with E-state index < -0.39 is 6.61 Å². The quantitative estimate of drug-likeness (QED) is 0.484. The van der Waals surface area contributed by atoms with Crippen LogP contribution in [0.5, 0.6) is 11.5 Å². The highest BCUT2D eigenvalue weighted by molar-refractivity contribution is 6.03.